The minimum Gasteiger partial charge on any atom is -0.363 e. The fourth-order valence-corrected chi connectivity index (χ4v) is 2.51. The number of nitrogens with one attached hydrogen (secondary N) is 1. The van der Waals surface area contributed by atoms with E-state index in [0.717, 1.165) is 24.6 Å². The van der Waals surface area contributed by atoms with Gasteiger partial charge in [-0.25, -0.2) is 4.98 Å². The van der Waals surface area contributed by atoms with Crippen LogP contribution in [0.2, 0.25) is 0 Å². The van der Waals surface area contributed by atoms with Crippen LogP contribution >= 0.6 is 0 Å². The Morgan fingerprint density at radius 3 is 2.75 bits per heavy atom. The second-order valence-corrected chi connectivity index (χ2v) is 5.45. The van der Waals surface area contributed by atoms with Crippen molar-refractivity contribution in [2.75, 3.05) is 19.0 Å². The molecule has 0 aliphatic carbocycles. The van der Waals surface area contributed by atoms with E-state index in [1.54, 1.807) is 0 Å². The zero-order valence-corrected chi connectivity index (χ0v) is 13.0. The van der Waals surface area contributed by atoms with Gasteiger partial charge in [-0.05, 0) is 13.8 Å². The van der Waals surface area contributed by atoms with Crippen LogP contribution in [0.5, 0.6) is 0 Å². The normalized spacial score (nSPS) is 12.7. The molecule has 2 aromatic rings. The number of nitrogens with zero attached hydrogens (tertiary/aromatic N) is 5. The van der Waals surface area contributed by atoms with Crippen molar-refractivity contribution in [3.8, 4) is 0 Å². The predicted molar refractivity (Wildman–Crippen MR) is 80.8 cm³/mol. The van der Waals surface area contributed by atoms with Gasteiger partial charge in [-0.15, -0.1) is 0 Å². The van der Waals surface area contributed by atoms with E-state index in [4.69, 9.17) is 0 Å². The van der Waals surface area contributed by atoms with Gasteiger partial charge in [0.15, 0.2) is 0 Å². The topological polar surface area (TPSA) is 50.9 Å². The Bertz CT molecular complexity index is 540. The molecule has 1 unspecified atom stereocenters. The molecule has 1 N–H and O–H groups in total. The Labute approximate surface area is 120 Å². The van der Waals surface area contributed by atoms with Crippen LogP contribution < -0.4 is 10.2 Å². The maximum atomic E-state index is 4.51. The zero-order valence-electron chi connectivity index (χ0n) is 13.0. The molecule has 0 aliphatic heterocycles. The molecule has 6 nitrogen and oxygen atoms in total. The lowest BCUT2D eigenvalue weighted by Gasteiger charge is -2.18. The largest absolute Gasteiger partial charge is 0.363 e. The highest BCUT2D eigenvalue weighted by Gasteiger charge is 2.15. The summed E-state index contributed by atoms with van der Waals surface area (Å²) in [7, 11) is 6.09. The van der Waals surface area contributed by atoms with Crippen LogP contribution in [0.1, 0.15) is 18.2 Å². The smallest absolute Gasteiger partial charge is 0.130 e. The van der Waals surface area contributed by atoms with Gasteiger partial charge in [-0.1, -0.05) is 0 Å². The third-order valence-electron chi connectivity index (χ3n) is 3.41. The first-order valence-corrected chi connectivity index (χ1v) is 6.88. The Morgan fingerprint density at radius 2 is 2.15 bits per heavy atom. The van der Waals surface area contributed by atoms with Gasteiger partial charge in [0.05, 0.1) is 12.0 Å². The van der Waals surface area contributed by atoms with Crippen molar-refractivity contribution < 1.29 is 0 Å². The van der Waals surface area contributed by atoms with Crippen LogP contribution in [-0.4, -0.2) is 39.5 Å². The van der Waals surface area contributed by atoms with Crippen LogP contribution in [0.4, 0.5) is 5.82 Å². The molecule has 0 radical (unpaired) electrons. The third-order valence-corrected chi connectivity index (χ3v) is 3.41. The van der Waals surface area contributed by atoms with Crippen molar-refractivity contribution in [2.45, 2.75) is 33.0 Å². The summed E-state index contributed by atoms with van der Waals surface area (Å²) in [5.41, 5.74) is 2.34. The molecule has 6 heteroatoms. The summed E-state index contributed by atoms with van der Waals surface area (Å²) in [4.78, 5) is 6.17. The van der Waals surface area contributed by atoms with Crippen LogP contribution in [0.25, 0.3) is 0 Å². The van der Waals surface area contributed by atoms with Gasteiger partial charge in [0, 0.05) is 58.2 Å². The minimum atomic E-state index is 0.374. The van der Waals surface area contributed by atoms with E-state index in [1.807, 2.05) is 30.5 Å². The number of rotatable bonds is 6. The Morgan fingerprint density at radius 1 is 1.40 bits per heavy atom. The maximum absolute atomic E-state index is 4.51. The van der Waals surface area contributed by atoms with E-state index >= 15 is 0 Å². The van der Waals surface area contributed by atoms with Crippen LogP contribution in [0.3, 0.4) is 0 Å². The van der Waals surface area contributed by atoms with Gasteiger partial charge >= 0.3 is 0 Å². The second-order valence-electron chi connectivity index (χ2n) is 5.45. The van der Waals surface area contributed by atoms with E-state index in [-0.39, 0.29) is 0 Å². The standard InChI is InChI=1S/C14H24N6/c1-11(9-20-7-6-15-10-20)16-8-13-12(2)17-19(5)14(13)18(3)4/h6-7,10-11,16H,8-9H2,1-5H3. The molecule has 0 aliphatic rings. The van der Waals surface area contributed by atoms with Gasteiger partial charge in [-0.2, -0.15) is 5.10 Å². The molecule has 0 fully saturated rings. The first-order chi connectivity index (χ1) is 9.49. The monoisotopic (exact) mass is 276 g/mol. The van der Waals surface area contributed by atoms with E-state index in [2.05, 4.69) is 52.8 Å². The van der Waals surface area contributed by atoms with Crippen LogP contribution in [0.15, 0.2) is 18.7 Å². The molecule has 2 aromatic heterocycles. The number of aromatic nitrogens is 4. The summed E-state index contributed by atoms with van der Waals surface area (Å²) in [6.45, 7) is 5.98. The second kappa shape index (κ2) is 6.09. The van der Waals surface area contributed by atoms with Crippen molar-refractivity contribution in [1.82, 2.24) is 24.6 Å². The van der Waals surface area contributed by atoms with E-state index in [9.17, 15) is 0 Å². The SMILES string of the molecule is Cc1nn(C)c(N(C)C)c1CNC(C)Cn1ccnc1. The molecule has 2 rings (SSSR count). The van der Waals surface area contributed by atoms with Gasteiger partial charge in [-0.3, -0.25) is 4.68 Å². The molecule has 20 heavy (non-hydrogen) atoms. The van der Waals surface area contributed by atoms with E-state index < -0.39 is 0 Å². The highest BCUT2D eigenvalue weighted by atomic mass is 15.4. The first kappa shape index (κ1) is 14.6. The number of aryl methyl sites for hydroxylation is 2. The maximum Gasteiger partial charge on any atom is 0.130 e. The summed E-state index contributed by atoms with van der Waals surface area (Å²) in [6, 6.07) is 0.374. The molecule has 0 bridgehead atoms. The number of imidazole rings is 1. The van der Waals surface area contributed by atoms with Crippen molar-refractivity contribution >= 4 is 5.82 Å². The Hall–Kier alpha value is -1.82. The molecule has 0 saturated heterocycles. The van der Waals surface area contributed by atoms with Crippen molar-refractivity contribution in [2.24, 2.45) is 7.05 Å². The predicted octanol–water partition coefficient (Wildman–Crippen LogP) is 1.17. The quantitative estimate of drug-likeness (QED) is 0.860. The van der Waals surface area contributed by atoms with Crippen LogP contribution in [-0.2, 0) is 20.1 Å². The lowest BCUT2D eigenvalue weighted by Crippen LogP contribution is -2.30. The average molecular weight is 276 g/mol. The number of hydrogen-bond donors (Lipinski definition) is 1. The fourth-order valence-electron chi connectivity index (χ4n) is 2.51. The molecule has 0 aromatic carbocycles. The number of anilines is 1. The Kier molecular flexibility index (Phi) is 4.44. The average Bonchev–Trinajstić information content (AvgIpc) is 2.94. The fraction of sp³-hybridized carbons (Fsp3) is 0.571. The van der Waals surface area contributed by atoms with Crippen molar-refractivity contribution in [1.29, 1.82) is 0 Å². The van der Waals surface area contributed by atoms with E-state index in [1.165, 1.54) is 5.56 Å². The lowest BCUT2D eigenvalue weighted by atomic mass is 10.2. The summed E-state index contributed by atoms with van der Waals surface area (Å²) in [6.07, 6.45) is 5.64. The van der Waals surface area contributed by atoms with Gasteiger partial charge in [0.2, 0.25) is 0 Å². The summed E-state index contributed by atoms with van der Waals surface area (Å²) in [5, 5.41) is 8.06. The van der Waals surface area contributed by atoms with E-state index in [0.29, 0.717) is 6.04 Å². The van der Waals surface area contributed by atoms with Gasteiger partial charge in [0.25, 0.3) is 0 Å². The molecule has 110 valence electrons. The number of hydrogen-bond acceptors (Lipinski definition) is 4. The zero-order chi connectivity index (χ0) is 14.7. The molecule has 0 spiro atoms. The summed E-state index contributed by atoms with van der Waals surface area (Å²) in [5.74, 6) is 1.16. The Balaban J connectivity index is 2.00. The molecule has 1 atom stereocenters. The van der Waals surface area contributed by atoms with Crippen LogP contribution in [0, 0.1) is 6.92 Å². The molecule has 2 heterocycles. The molecule has 0 saturated carbocycles. The third kappa shape index (κ3) is 3.19. The van der Waals surface area contributed by atoms with Gasteiger partial charge in [0.1, 0.15) is 5.82 Å². The highest BCUT2D eigenvalue weighted by molar-refractivity contribution is 5.48. The first-order valence-electron chi connectivity index (χ1n) is 6.88. The summed E-state index contributed by atoms with van der Waals surface area (Å²) < 4.78 is 4.02. The van der Waals surface area contributed by atoms with Gasteiger partial charge < -0.3 is 14.8 Å². The molecular formula is C14H24N6. The summed E-state index contributed by atoms with van der Waals surface area (Å²) >= 11 is 0. The lowest BCUT2D eigenvalue weighted by molar-refractivity contribution is 0.475. The molecular weight excluding hydrogens is 252 g/mol. The van der Waals surface area contributed by atoms with Crippen molar-refractivity contribution in [3.05, 3.63) is 30.0 Å². The molecule has 0 amide bonds. The highest BCUT2D eigenvalue weighted by Crippen LogP contribution is 2.21. The van der Waals surface area contributed by atoms with Crippen molar-refractivity contribution in [3.63, 3.8) is 0 Å². The minimum absolute atomic E-state index is 0.374.